The van der Waals surface area contributed by atoms with Crippen molar-refractivity contribution in [3.05, 3.63) is 59.7 Å². The number of rotatable bonds is 13. The van der Waals surface area contributed by atoms with Crippen LogP contribution in [-0.4, -0.2) is 69.4 Å². The average Bonchev–Trinajstić information content (AvgIpc) is 2.92. The maximum atomic E-state index is 13.8. The summed E-state index contributed by atoms with van der Waals surface area (Å²) in [6.07, 6.45) is 2.85. The van der Waals surface area contributed by atoms with Gasteiger partial charge in [0.1, 0.15) is 24.7 Å². The molecule has 0 saturated heterocycles. The third-order valence-corrected chi connectivity index (χ3v) is 6.70. The number of Topliss-reactive ketones (excluding diaryl/α,β-unsaturated/α-hetero) is 1. The Morgan fingerprint density at radius 3 is 2.14 bits per heavy atom. The minimum atomic E-state index is -2.31. The van der Waals surface area contributed by atoms with Crippen molar-refractivity contribution in [2.75, 3.05) is 46.5 Å². The number of carbonyl (C=O) groups is 3. The van der Waals surface area contributed by atoms with Crippen LogP contribution in [0.4, 0.5) is 4.79 Å². The van der Waals surface area contributed by atoms with Crippen molar-refractivity contribution in [1.29, 1.82) is 0 Å². The summed E-state index contributed by atoms with van der Waals surface area (Å²) in [6, 6.07) is 9.94. The molecule has 2 rings (SSSR count). The molecule has 37 heavy (non-hydrogen) atoms. The topological polar surface area (TPSA) is 120 Å². The summed E-state index contributed by atoms with van der Waals surface area (Å²) < 4.78 is 21.0. The summed E-state index contributed by atoms with van der Waals surface area (Å²) in [5, 5.41) is 14.2. The quantitative estimate of drug-likeness (QED) is 0.124. The molecule has 1 unspecified atom stereocenters. The first kappa shape index (κ1) is 30.1. The number of ether oxygens (including phenoxy) is 4. The van der Waals surface area contributed by atoms with E-state index in [1.807, 2.05) is 12.5 Å². The zero-order valence-electron chi connectivity index (χ0n) is 21.4. The van der Waals surface area contributed by atoms with Crippen molar-refractivity contribution in [2.45, 2.75) is 22.3 Å². The fourth-order valence-electron chi connectivity index (χ4n) is 3.26. The lowest BCUT2D eigenvalue weighted by atomic mass is 9.85. The van der Waals surface area contributed by atoms with Gasteiger partial charge in [-0.2, -0.15) is 0 Å². The summed E-state index contributed by atoms with van der Waals surface area (Å²) >= 11 is 2.93. The van der Waals surface area contributed by atoms with Crippen molar-refractivity contribution >= 4 is 41.4 Å². The van der Waals surface area contributed by atoms with E-state index in [9.17, 15) is 19.5 Å². The number of nitrogens with one attached hydrogen (secondary N) is 1. The van der Waals surface area contributed by atoms with Crippen LogP contribution in [0, 0.1) is 0 Å². The molecule has 2 aromatic rings. The molecule has 0 radical (unpaired) electrons. The third-order valence-electron chi connectivity index (χ3n) is 5.25. The molecular formula is C26H31NO8S2. The standard InChI is InChI=1S/C26H31NO8S2/c1-16(2)24(29)34-12-11-27-25(30)35-15-26(31,20-10-8-18(37-6)14-22(20)33-4)23(28)19-9-7-17(36-5)13-21(19)32-3/h7-10,13-14,31H,1,11-12,15H2,2-6H3,(H,27,30). The Morgan fingerprint density at radius 1 is 0.973 bits per heavy atom. The van der Waals surface area contributed by atoms with Gasteiger partial charge in [0.05, 0.1) is 26.3 Å². The lowest BCUT2D eigenvalue weighted by Crippen LogP contribution is -2.43. The van der Waals surface area contributed by atoms with Gasteiger partial charge in [0.25, 0.3) is 0 Å². The smallest absolute Gasteiger partial charge is 0.407 e. The van der Waals surface area contributed by atoms with Crippen molar-refractivity contribution in [3.63, 3.8) is 0 Å². The molecule has 0 bridgehead atoms. The van der Waals surface area contributed by atoms with E-state index in [0.29, 0.717) is 0 Å². The Morgan fingerprint density at radius 2 is 1.57 bits per heavy atom. The molecule has 0 aromatic heterocycles. The van der Waals surface area contributed by atoms with E-state index < -0.39 is 30.1 Å². The molecule has 0 fully saturated rings. The number of benzene rings is 2. The molecule has 2 aromatic carbocycles. The van der Waals surface area contributed by atoms with Crippen molar-refractivity contribution < 1.29 is 38.4 Å². The Balaban J connectivity index is 2.35. The van der Waals surface area contributed by atoms with E-state index in [4.69, 9.17) is 18.9 Å². The van der Waals surface area contributed by atoms with Crippen LogP contribution in [-0.2, 0) is 19.9 Å². The second-order valence-corrected chi connectivity index (χ2v) is 9.50. The van der Waals surface area contributed by atoms with Gasteiger partial charge in [-0.25, -0.2) is 9.59 Å². The van der Waals surface area contributed by atoms with Gasteiger partial charge < -0.3 is 29.4 Å². The fourth-order valence-corrected chi connectivity index (χ4v) is 4.11. The van der Waals surface area contributed by atoms with Gasteiger partial charge in [-0.15, -0.1) is 23.5 Å². The van der Waals surface area contributed by atoms with Crippen LogP contribution in [0.1, 0.15) is 22.8 Å². The van der Waals surface area contributed by atoms with E-state index in [1.165, 1.54) is 44.7 Å². The van der Waals surface area contributed by atoms with Crippen LogP contribution in [0.5, 0.6) is 11.5 Å². The first-order valence-electron chi connectivity index (χ1n) is 11.1. The van der Waals surface area contributed by atoms with Gasteiger partial charge in [-0.05, 0) is 49.8 Å². The Bertz CT molecular complexity index is 1150. The molecule has 1 amide bonds. The minimum Gasteiger partial charge on any atom is -0.496 e. The van der Waals surface area contributed by atoms with Crippen LogP contribution >= 0.6 is 23.5 Å². The molecule has 1 atom stereocenters. The van der Waals surface area contributed by atoms with Crippen LogP contribution in [0.3, 0.4) is 0 Å². The Kier molecular flexibility index (Phi) is 11.4. The average molecular weight is 550 g/mol. The summed E-state index contributed by atoms with van der Waals surface area (Å²) in [5.74, 6) is -0.815. The number of methoxy groups -OCH3 is 2. The molecule has 0 aliphatic heterocycles. The maximum absolute atomic E-state index is 13.8. The zero-order valence-corrected chi connectivity index (χ0v) is 23.0. The van der Waals surface area contributed by atoms with Crippen molar-refractivity contribution in [3.8, 4) is 11.5 Å². The monoisotopic (exact) mass is 549 g/mol. The number of ketones is 1. The molecule has 0 spiro atoms. The molecule has 0 aliphatic carbocycles. The van der Waals surface area contributed by atoms with Gasteiger partial charge >= 0.3 is 12.1 Å². The number of amides is 1. The summed E-state index contributed by atoms with van der Waals surface area (Å²) in [6.45, 7) is 4.12. The van der Waals surface area contributed by atoms with Crippen LogP contribution in [0.15, 0.2) is 58.3 Å². The summed E-state index contributed by atoms with van der Waals surface area (Å²) in [5.41, 5.74) is -1.85. The number of hydrogen-bond acceptors (Lipinski definition) is 10. The van der Waals surface area contributed by atoms with E-state index in [2.05, 4.69) is 11.9 Å². The highest BCUT2D eigenvalue weighted by Gasteiger charge is 2.43. The van der Waals surface area contributed by atoms with Gasteiger partial charge in [-0.1, -0.05) is 12.6 Å². The molecular weight excluding hydrogens is 518 g/mol. The SMILES string of the molecule is C=C(C)C(=O)OCCNC(=O)OCC(O)(C(=O)c1ccc(SC)cc1OC)c1ccc(SC)cc1OC. The molecule has 0 heterocycles. The normalized spacial score (nSPS) is 12.2. The number of esters is 1. The van der Waals surface area contributed by atoms with Gasteiger partial charge in [0.15, 0.2) is 5.60 Å². The molecule has 0 aliphatic rings. The van der Waals surface area contributed by atoms with Gasteiger partial charge in [0, 0.05) is 20.9 Å². The van der Waals surface area contributed by atoms with Crippen molar-refractivity contribution in [1.82, 2.24) is 5.32 Å². The Labute approximate surface area is 224 Å². The molecule has 11 heteroatoms. The molecule has 200 valence electrons. The van der Waals surface area contributed by atoms with Crippen molar-refractivity contribution in [2.24, 2.45) is 0 Å². The van der Waals surface area contributed by atoms with E-state index >= 15 is 0 Å². The lowest BCUT2D eigenvalue weighted by molar-refractivity contribution is -0.138. The fraction of sp³-hybridized carbons (Fsp3) is 0.346. The van der Waals surface area contributed by atoms with Gasteiger partial charge in [-0.3, -0.25) is 4.79 Å². The second kappa shape index (κ2) is 14.0. The summed E-state index contributed by atoms with van der Waals surface area (Å²) in [7, 11) is 2.84. The first-order valence-corrected chi connectivity index (χ1v) is 13.5. The number of carbonyl (C=O) groups excluding carboxylic acids is 3. The highest BCUT2D eigenvalue weighted by atomic mass is 32.2. The first-order chi connectivity index (χ1) is 17.6. The van der Waals surface area contributed by atoms with E-state index in [0.717, 1.165) is 9.79 Å². The summed E-state index contributed by atoms with van der Waals surface area (Å²) in [4.78, 5) is 39.3. The number of alkyl carbamates (subject to hydrolysis) is 1. The number of hydrogen-bond donors (Lipinski definition) is 2. The van der Waals surface area contributed by atoms with E-state index in [-0.39, 0.29) is 41.4 Å². The highest BCUT2D eigenvalue weighted by molar-refractivity contribution is 7.98. The predicted octanol–water partition coefficient (Wildman–Crippen LogP) is 4.06. The predicted molar refractivity (Wildman–Crippen MR) is 143 cm³/mol. The maximum Gasteiger partial charge on any atom is 0.407 e. The minimum absolute atomic E-state index is 0.0417. The largest absolute Gasteiger partial charge is 0.496 e. The van der Waals surface area contributed by atoms with Crippen LogP contribution in [0.2, 0.25) is 0 Å². The van der Waals surface area contributed by atoms with Crippen LogP contribution in [0.25, 0.3) is 0 Å². The lowest BCUT2D eigenvalue weighted by Gasteiger charge is -2.29. The Hall–Kier alpha value is -3.15. The molecule has 0 saturated carbocycles. The second-order valence-electron chi connectivity index (χ2n) is 7.74. The van der Waals surface area contributed by atoms with E-state index in [1.54, 1.807) is 36.4 Å². The number of aliphatic hydroxyl groups is 1. The number of thioether (sulfide) groups is 2. The molecule has 9 nitrogen and oxygen atoms in total. The highest BCUT2D eigenvalue weighted by Crippen LogP contribution is 2.38. The third kappa shape index (κ3) is 7.67. The molecule has 2 N–H and O–H groups in total. The van der Waals surface area contributed by atoms with Gasteiger partial charge in [0.2, 0.25) is 5.78 Å². The van der Waals surface area contributed by atoms with Crippen LogP contribution < -0.4 is 14.8 Å². The zero-order chi connectivity index (χ0) is 27.6.